The lowest BCUT2D eigenvalue weighted by Gasteiger charge is -1.99. The van der Waals surface area contributed by atoms with Gasteiger partial charge in [0, 0.05) is 12.3 Å². The lowest BCUT2D eigenvalue weighted by Crippen LogP contribution is -2.05. The minimum atomic E-state index is -0.457. The van der Waals surface area contributed by atoms with E-state index in [9.17, 15) is 4.79 Å². The van der Waals surface area contributed by atoms with Crippen LogP contribution >= 0.6 is 0 Å². The van der Waals surface area contributed by atoms with Crippen molar-refractivity contribution in [2.24, 2.45) is 5.73 Å². The van der Waals surface area contributed by atoms with E-state index in [0.29, 0.717) is 0 Å². The van der Waals surface area contributed by atoms with Gasteiger partial charge in [0.15, 0.2) is 0 Å². The summed E-state index contributed by atoms with van der Waals surface area (Å²) in [6.45, 7) is 3.92. The number of pyridine rings is 1. The lowest BCUT2D eigenvalue weighted by molar-refractivity contribution is -0.113. The van der Waals surface area contributed by atoms with Gasteiger partial charge >= 0.3 is 0 Å². The zero-order valence-corrected chi connectivity index (χ0v) is 7.74. The van der Waals surface area contributed by atoms with E-state index in [1.165, 1.54) is 6.08 Å². The summed E-state index contributed by atoms with van der Waals surface area (Å²) in [5, 5.41) is 0. The van der Waals surface area contributed by atoms with Gasteiger partial charge in [-0.2, -0.15) is 0 Å². The number of nitrogens with two attached hydrogens (primary N) is 1. The second-order valence-corrected chi connectivity index (χ2v) is 2.95. The average Bonchev–Trinajstić information content (AvgIpc) is 2.02. The number of hydrogen-bond donors (Lipinski definition) is 1. The molecule has 0 aliphatic carbocycles. The zero-order valence-electron chi connectivity index (χ0n) is 7.74. The molecule has 0 spiro atoms. The molecule has 0 bridgehead atoms. The topological polar surface area (TPSA) is 56.0 Å². The maximum atomic E-state index is 10.5. The summed E-state index contributed by atoms with van der Waals surface area (Å²) in [5.74, 6) is -0.457. The Morgan fingerprint density at radius 3 is 2.77 bits per heavy atom. The van der Waals surface area contributed by atoms with Crippen LogP contribution in [0.2, 0.25) is 0 Å². The van der Waals surface area contributed by atoms with Crippen LogP contribution < -0.4 is 5.73 Å². The summed E-state index contributed by atoms with van der Waals surface area (Å²) >= 11 is 0. The van der Waals surface area contributed by atoms with Crippen LogP contribution in [-0.4, -0.2) is 10.9 Å². The number of rotatable bonds is 2. The molecule has 1 aromatic heterocycles. The van der Waals surface area contributed by atoms with Crippen LogP contribution in [0.3, 0.4) is 0 Å². The summed E-state index contributed by atoms with van der Waals surface area (Å²) in [5.41, 5.74) is 7.89. The van der Waals surface area contributed by atoms with Gasteiger partial charge < -0.3 is 5.73 Å². The van der Waals surface area contributed by atoms with Crippen LogP contribution in [0.1, 0.15) is 16.8 Å². The highest BCUT2D eigenvalue weighted by molar-refractivity contribution is 5.90. The van der Waals surface area contributed by atoms with Gasteiger partial charge in [0.25, 0.3) is 0 Å². The summed E-state index contributed by atoms with van der Waals surface area (Å²) < 4.78 is 0. The van der Waals surface area contributed by atoms with Crippen molar-refractivity contribution in [3.05, 3.63) is 35.2 Å². The second-order valence-electron chi connectivity index (χ2n) is 2.95. The number of aromatic nitrogens is 1. The van der Waals surface area contributed by atoms with E-state index in [0.717, 1.165) is 16.8 Å². The largest absolute Gasteiger partial charge is 0.366 e. The highest BCUT2D eigenvalue weighted by Gasteiger charge is 1.95. The van der Waals surface area contributed by atoms with E-state index < -0.39 is 5.91 Å². The van der Waals surface area contributed by atoms with Crippen LogP contribution in [0.5, 0.6) is 0 Å². The molecule has 1 heterocycles. The van der Waals surface area contributed by atoms with Crippen LogP contribution in [0.15, 0.2) is 18.3 Å². The minimum absolute atomic E-state index is 0.457. The quantitative estimate of drug-likeness (QED) is 0.688. The normalized spacial score (nSPS) is 10.6. The smallest absolute Gasteiger partial charge is 0.241 e. The molecule has 3 heteroatoms. The van der Waals surface area contributed by atoms with Crippen molar-refractivity contribution in [2.45, 2.75) is 13.8 Å². The molecule has 0 aliphatic rings. The van der Waals surface area contributed by atoms with Crippen LogP contribution in [0.25, 0.3) is 6.08 Å². The molecular formula is C10H12N2O. The Kier molecular flexibility index (Phi) is 2.80. The van der Waals surface area contributed by atoms with Crippen LogP contribution in [-0.2, 0) is 4.79 Å². The molecule has 0 aromatic carbocycles. The second kappa shape index (κ2) is 3.85. The Balaban J connectivity index is 2.96. The van der Waals surface area contributed by atoms with Crippen molar-refractivity contribution < 1.29 is 4.79 Å². The highest BCUT2D eigenvalue weighted by atomic mass is 16.1. The SMILES string of the molecule is Cc1cnc(C=CC(N)=O)c(C)c1. The first-order valence-electron chi connectivity index (χ1n) is 4.00. The molecule has 1 aromatic rings. The molecule has 0 aliphatic heterocycles. The Labute approximate surface area is 77.3 Å². The standard InChI is InChI=1S/C10H12N2O/c1-7-5-8(2)9(12-6-7)3-4-10(11)13/h3-6H,1-2H3,(H2,11,13). The predicted octanol–water partition coefficient (Wildman–Crippen LogP) is 1.20. The number of amides is 1. The first kappa shape index (κ1) is 9.45. The maximum absolute atomic E-state index is 10.5. The number of carbonyl (C=O) groups is 1. The molecule has 2 N–H and O–H groups in total. The van der Waals surface area contributed by atoms with E-state index in [4.69, 9.17) is 5.73 Å². The highest BCUT2D eigenvalue weighted by Crippen LogP contribution is 2.07. The number of primary amides is 1. The fourth-order valence-electron chi connectivity index (χ4n) is 1.06. The molecule has 0 fully saturated rings. The Morgan fingerprint density at radius 1 is 1.54 bits per heavy atom. The van der Waals surface area contributed by atoms with E-state index in [1.807, 2.05) is 19.9 Å². The summed E-state index contributed by atoms with van der Waals surface area (Å²) in [7, 11) is 0. The maximum Gasteiger partial charge on any atom is 0.241 e. The third kappa shape index (κ3) is 2.71. The van der Waals surface area contributed by atoms with Gasteiger partial charge in [0.05, 0.1) is 5.69 Å². The van der Waals surface area contributed by atoms with E-state index in [-0.39, 0.29) is 0 Å². The van der Waals surface area contributed by atoms with Crippen molar-refractivity contribution in [1.82, 2.24) is 4.98 Å². The van der Waals surface area contributed by atoms with Gasteiger partial charge in [-0.15, -0.1) is 0 Å². The predicted molar refractivity (Wildman–Crippen MR) is 51.9 cm³/mol. The van der Waals surface area contributed by atoms with E-state index >= 15 is 0 Å². The molecule has 1 rings (SSSR count). The number of nitrogens with zero attached hydrogens (tertiary/aromatic N) is 1. The molecule has 1 amide bonds. The lowest BCUT2D eigenvalue weighted by atomic mass is 10.1. The van der Waals surface area contributed by atoms with Gasteiger partial charge in [-0.3, -0.25) is 9.78 Å². The minimum Gasteiger partial charge on any atom is -0.366 e. The Bertz CT molecular complexity index is 356. The number of carbonyl (C=O) groups excluding carboxylic acids is 1. The Morgan fingerprint density at radius 2 is 2.23 bits per heavy atom. The van der Waals surface area contributed by atoms with Gasteiger partial charge in [-0.1, -0.05) is 6.07 Å². The van der Waals surface area contributed by atoms with Crippen molar-refractivity contribution in [3.8, 4) is 0 Å². The van der Waals surface area contributed by atoms with Crippen LogP contribution in [0.4, 0.5) is 0 Å². The van der Waals surface area contributed by atoms with Crippen LogP contribution in [0, 0.1) is 13.8 Å². The van der Waals surface area contributed by atoms with Gasteiger partial charge in [-0.05, 0) is 31.1 Å². The van der Waals surface area contributed by atoms with E-state index in [1.54, 1.807) is 12.3 Å². The third-order valence-corrected chi connectivity index (χ3v) is 1.66. The number of aryl methyl sites for hydroxylation is 2. The molecular weight excluding hydrogens is 164 g/mol. The summed E-state index contributed by atoms with van der Waals surface area (Å²) in [4.78, 5) is 14.6. The molecule has 0 radical (unpaired) electrons. The van der Waals surface area contributed by atoms with Crippen molar-refractivity contribution in [3.63, 3.8) is 0 Å². The van der Waals surface area contributed by atoms with Crippen molar-refractivity contribution >= 4 is 12.0 Å². The fraction of sp³-hybridized carbons (Fsp3) is 0.200. The third-order valence-electron chi connectivity index (χ3n) is 1.66. The van der Waals surface area contributed by atoms with Crippen molar-refractivity contribution in [2.75, 3.05) is 0 Å². The summed E-state index contributed by atoms with van der Waals surface area (Å²) in [6, 6.07) is 2.01. The molecule has 0 unspecified atom stereocenters. The average molecular weight is 176 g/mol. The molecule has 68 valence electrons. The molecule has 13 heavy (non-hydrogen) atoms. The molecule has 0 saturated carbocycles. The monoisotopic (exact) mass is 176 g/mol. The summed E-state index contributed by atoms with van der Waals surface area (Å²) in [6.07, 6.45) is 4.69. The first-order chi connectivity index (χ1) is 6.09. The number of hydrogen-bond acceptors (Lipinski definition) is 2. The van der Waals surface area contributed by atoms with Gasteiger partial charge in [0.1, 0.15) is 0 Å². The fourth-order valence-corrected chi connectivity index (χ4v) is 1.06. The van der Waals surface area contributed by atoms with Crippen molar-refractivity contribution in [1.29, 1.82) is 0 Å². The van der Waals surface area contributed by atoms with Gasteiger partial charge in [-0.25, -0.2) is 0 Å². The molecule has 0 atom stereocenters. The molecule has 0 saturated heterocycles. The van der Waals surface area contributed by atoms with E-state index in [2.05, 4.69) is 4.98 Å². The molecule has 3 nitrogen and oxygen atoms in total. The first-order valence-corrected chi connectivity index (χ1v) is 4.00. The van der Waals surface area contributed by atoms with Gasteiger partial charge in [0.2, 0.25) is 5.91 Å². The zero-order chi connectivity index (χ0) is 9.84. The Hall–Kier alpha value is -1.64.